The molecule has 1 N–H and O–H groups in total. The summed E-state index contributed by atoms with van der Waals surface area (Å²) >= 11 is 0. The summed E-state index contributed by atoms with van der Waals surface area (Å²) in [6, 6.07) is 12.3. The molecular formula is C17H18N2O3. The molecule has 0 radical (unpaired) electrons. The van der Waals surface area contributed by atoms with Gasteiger partial charge >= 0.3 is 0 Å². The Morgan fingerprint density at radius 1 is 1.05 bits per heavy atom. The number of furan rings is 1. The number of hydrogen-bond donors (Lipinski definition) is 1. The molecule has 114 valence electrons. The molecule has 3 rings (SSSR count). The van der Waals surface area contributed by atoms with Gasteiger partial charge in [0.2, 0.25) is 0 Å². The molecule has 1 fully saturated rings. The second kappa shape index (κ2) is 6.58. The Bertz CT molecular complexity index is 631. The number of ketones is 1. The molecule has 0 saturated carbocycles. The van der Waals surface area contributed by atoms with E-state index in [2.05, 4.69) is 5.32 Å². The Kier molecular flexibility index (Phi) is 4.34. The maximum atomic E-state index is 12.7. The third kappa shape index (κ3) is 3.09. The van der Waals surface area contributed by atoms with Crippen molar-refractivity contribution in [2.75, 3.05) is 13.1 Å². The van der Waals surface area contributed by atoms with Gasteiger partial charge in [0.15, 0.2) is 11.5 Å². The summed E-state index contributed by atoms with van der Waals surface area (Å²) in [6.07, 6.45) is 2.87. The molecule has 5 heteroatoms. The molecule has 1 unspecified atom stereocenters. The van der Waals surface area contributed by atoms with Gasteiger partial charge in [0.05, 0.1) is 6.26 Å². The van der Waals surface area contributed by atoms with Gasteiger partial charge in [-0.15, -0.1) is 0 Å². The van der Waals surface area contributed by atoms with E-state index in [1.165, 1.54) is 6.26 Å². The molecule has 1 amide bonds. The van der Waals surface area contributed by atoms with Crippen LogP contribution in [-0.4, -0.2) is 35.8 Å². The average Bonchev–Trinajstić information content (AvgIpc) is 3.25. The molecule has 0 bridgehead atoms. The Morgan fingerprint density at radius 2 is 1.77 bits per heavy atom. The molecule has 1 atom stereocenters. The topological polar surface area (TPSA) is 62.6 Å². The van der Waals surface area contributed by atoms with Crippen molar-refractivity contribution in [3.8, 4) is 0 Å². The summed E-state index contributed by atoms with van der Waals surface area (Å²) in [5, 5.41) is 2.80. The van der Waals surface area contributed by atoms with E-state index >= 15 is 0 Å². The summed E-state index contributed by atoms with van der Waals surface area (Å²) < 4.78 is 5.10. The van der Waals surface area contributed by atoms with Crippen LogP contribution in [0.1, 0.15) is 33.8 Å². The maximum Gasteiger partial charge on any atom is 0.288 e. The van der Waals surface area contributed by atoms with E-state index in [4.69, 9.17) is 4.42 Å². The molecule has 2 heterocycles. The number of hydrogen-bond acceptors (Lipinski definition) is 4. The van der Waals surface area contributed by atoms with E-state index in [9.17, 15) is 9.59 Å². The van der Waals surface area contributed by atoms with E-state index in [1.54, 1.807) is 24.3 Å². The van der Waals surface area contributed by atoms with Crippen LogP contribution in [0.4, 0.5) is 0 Å². The van der Waals surface area contributed by atoms with E-state index in [1.807, 2.05) is 23.1 Å². The SMILES string of the molecule is O=C(NC(C(=O)c1ccccc1)N1CCCC1)c1ccco1. The summed E-state index contributed by atoms with van der Waals surface area (Å²) in [5.74, 6) is -0.251. The number of Topliss-reactive ketones (excluding diaryl/α,β-unsaturated/α-hetero) is 1. The molecular weight excluding hydrogens is 280 g/mol. The van der Waals surface area contributed by atoms with Gasteiger partial charge in [-0.05, 0) is 25.0 Å². The molecule has 0 spiro atoms. The molecule has 22 heavy (non-hydrogen) atoms. The first-order chi connectivity index (χ1) is 10.8. The molecule has 1 aromatic carbocycles. The fraction of sp³-hybridized carbons (Fsp3) is 0.294. The highest BCUT2D eigenvalue weighted by atomic mass is 16.3. The van der Waals surface area contributed by atoms with Crippen molar-refractivity contribution in [1.82, 2.24) is 10.2 Å². The van der Waals surface area contributed by atoms with Crippen LogP contribution < -0.4 is 5.32 Å². The maximum absolute atomic E-state index is 12.7. The highest BCUT2D eigenvalue weighted by Crippen LogP contribution is 2.15. The van der Waals surface area contributed by atoms with Gasteiger partial charge in [0.1, 0.15) is 6.17 Å². The summed E-state index contributed by atoms with van der Waals surface area (Å²) in [5.41, 5.74) is 0.596. The zero-order valence-corrected chi connectivity index (χ0v) is 12.2. The first kappa shape index (κ1) is 14.5. The number of benzene rings is 1. The number of amides is 1. The van der Waals surface area contributed by atoms with Gasteiger partial charge in [0.25, 0.3) is 5.91 Å². The number of likely N-dealkylation sites (tertiary alicyclic amines) is 1. The molecule has 1 aliphatic rings. The zero-order chi connectivity index (χ0) is 15.4. The number of nitrogens with zero attached hydrogens (tertiary/aromatic N) is 1. The van der Waals surface area contributed by atoms with Crippen LogP contribution in [0.15, 0.2) is 53.1 Å². The first-order valence-electron chi connectivity index (χ1n) is 7.43. The van der Waals surface area contributed by atoms with Gasteiger partial charge in [-0.2, -0.15) is 0 Å². The zero-order valence-electron chi connectivity index (χ0n) is 12.2. The highest BCUT2D eigenvalue weighted by Gasteiger charge is 2.31. The van der Waals surface area contributed by atoms with Gasteiger partial charge < -0.3 is 9.73 Å². The van der Waals surface area contributed by atoms with Gasteiger partial charge in [-0.25, -0.2) is 0 Å². The molecule has 1 aromatic heterocycles. The van der Waals surface area contributed by atoms with E-state index in [0.29, 0.717) is 5.56 Å². The fourth-order valence-corrected chi connectivity index (χ4v) is 2.69. The molecule has 2 aromatic rings. The van der Waals surface area contributed by atoms with E-state index in [-0.39, 0.29) is 17.5 Å². The van der Waals surface area contributed by atoms with Crippen LogP contribution in [0, 0.1) is 0 Å². The van der Waals surface area contributed by atoms with Crippen molar-refractivity contribution in [2.45, 2.75) is 19.0 Å². The Balaban J connectivity index is 1.81. The predicted octanol–water partition coefficient (Wildman–Crippen LogP) is 2.31. The Labute approximate surface area is 128 Å². The largest absolute Gasteiger partial charge is 0.459 e. The lowest BCUT2D eigenvalue weighted by Gasteiger charge is -2.26. The third-order valence-corrected chi connectivity index (χ3v) is 3.83. The minimum absolute atomic E-state index is 0.0950. The van der Waals surface area contributed by atoms with Crippen molar-refractivity contribution in [2.24, 2.45) is 0 Å². The lowest BCUT2D eigenvalue weighted by Crippen LogP contribution is -2.52. The molecule has 1 aliphatic heterocycles. The summed E-state index contributed by atoms with van der Waals surface area (Å²) in [7, 11) is 0. The summed E-state index contributed by atoms with van der Waals surface area (Å²) in [4.78, 5) is 27.0. The van der Waals surface area contributed by atoms with E-state index < -0.39 is 6.17 Å². The van der Waals surface area contributed by atoms with Crippen molar-refractivity contribution in [1.29, 1.82) is 0 Å². The van der Waals surface area contributed by atoms with Crippen LogP contribution in [0.5, 0.6) is 0 Å². The van der Waals surface area contributed by atoms with Crippen LogP contribution in [-0.2, 0) is 0 Å². The first-order valence-corrected chi connectivity index (χ1v) is 7.43. The number of nitrogens with one attached hydrogen (secondary N) is 1. The number of carbonyl (C=O) groups excluding carboxylic acids is 2. The quantitative estimate of drug-likeness (QED) is 0.860. The van der Waals surface area contributed by atoms with Crippen LogP contribution >= 0.6 is 0 Å². The standard InChI is InChI=1S/C17H18N2O3/c20-15(13-7-2-1-3-8-13)16(19-10-4-5-11-19)18-17(21)14-9-6-12-22-14/h1-3,6-9,12,16H,4-5,10-11H2,(H,18,21). The minimum atomic E-state index is -0.650. The van der Waals surface area contributed by atoms with Crippen molar-refractivity contribution in [3.05, 3.63) is 60.1 Å². The molecule has 1 saturated heterocycles. The smallest absolute Gasteiger partial charge is 0.288 e. The van der Waals surface area contributed by atoms with Crippen LogP contribution in [0.3, 0.4) is 0 Å². The van der Waals surface area contributed by atoms with Gasteiger partial charge in [0, 0.05) is 18.7 Å². The highest BCUT2D eigenvalue weighted by molar-refractivity contribution is 6.03. The van der Waals surface area contributed by atoms with Gasteiger partial charge in [-0.1, -0.05) is 30.3 Å². The minimum Gasteiger partial charge on any atom is -0.459 e. The van der Waals surface area contributed by atoms with E-state index in [0.717, 1.165) is 25.9 Å². The molecule has 5 nitrogen and oxygen atoms in total. The van der Waals surface area contributed by atoms with Crippen molar-refractivity contribution >= 4 is 11.7 Å². The van der Waals surface area contributed by atoms with Gasteiger partial charge in [-0.3, -0.25) is 14.5 Å². The summed E-state index contributed by atoms with van der Waals surface area (Å²) in [6.45, 7) is 1.61. The Morgan fingerprint density at radius 3 is 2.41 bits per heavy atom. The lowest BCUT2D eigenvalue weighted by atomic mass is 10.1. The second-order valence-corrected chi connectivity index (χ2v) is 5.33. The number of carbonyl (C=O) groups is 2. The third-order valence-electron chi connectivity index (χ3n) is 3.83. The Hall–Kier alpha value is -2.40. The normalized spacial score (nSPS) is 16.4. The molecule has 0 aliphatic carbocycles. The number of rotatable bonds is 5. The van der Waals surface area contributed by atoms with Crippen molar-refractivity contribution in [3.63, 3.8) is 0 Å². The van der Waals surface area contributed by atoms with Crippen LogP contribution in [0.25, 0.3) is 0 Å². The van der Waals surface area contributed by atoms with Crippen LogP contribution in [0.2, 0.25) is 0 Å². The lowest BCUT2D eigenvalue weighted by molar-refractivity contribution is 0.0713. The second-order valence-electron chi connectivity index (χ2n) is 5.33. The van der Waals surface area contributed by atoms with Crippen molar-refractivity contribution < 1.29 is 14.0 Å². The average molecular weight is 298 g/mol. The fourth-order valence-electron chi connectivity index (χ4n) is 2.69. The monoisotopic (exact) mass is 298 g/mol. The predicted molar refractivity (Wildman–Crippen MR) is 81.5 cm³/mol.